The van der Waals surface area contributed by atoms with Crippen molar-refractivity contribution < 1.29 is 23.8 Å². The largest absolute Gasteiger partial charge is 0.508 e. The second-order valence-corrected chi connectivity index (χ2v) is 9.23. The summed E-state index contributed by atoms with van der Waals surface area (Å²) < 4.78 is 17.8. The van der Waals surface area contributed by atoms with Gasteiger partial charge in [-0.1, -0.05) is 60.7 Å². The Kier molecular flexibility index (Phi) is 6.14. The standard InChI is InChI=1S/C32H24O6/c33-22-12-10-21(11-13-22)26-19-37-32-24(31(26)35)14-15-28-30(32)25(18-29(34)38-28)23-8-4-5-9-27(23)36-17-16-20-6-2-1-3-7-20/h1-15,19,25,33H,16-18H2. The topological polar surface area (TPSA) is 86.0 Å². The van der Waals surface area contributed by atoms with Crippen molar-refractivity contribution in [3.63, 3.8) is 0 Å². The van der Waals surface area contributed by atoms with Gasteiger partial charge in [0, 0.05) is 23.5 Å². The quantitative estimate of drug-likeness (QED) is 0.218. The van der Waals surface area contributed by atoms with Gasteiger partial charge in [0.15, 0.2) is 0 Å². The summed E-state index contributed by atoms with van der Waals surface area (Å²) in [5.41, 5.74) is 3.85. The molecule has 0 fully saturated rings. The molecule has 1 aliphatic heterocycles. The molecular formula is C32H24O6. The lowest BCUT2D eigenvalue weighted by molar-refractivity contribution is -0.135. The smallest absolute Gasteiger partial charge is 0.312 e. The van der Waals surface area contributed by atoms with Gasteiger partial charge in [-0.25, -0.2) is 0 Å². The Hall–Kier alpha value is -4.84. The van der Waals surface area contributed by atoms with Crippen LogP contribution in [0.25, 0.3) is 22.1 Å². The van der Waals surface area contributed by atoms with Gasteiger partial charge in [-0.3, -0.25) is 9.59 Å². The maximum atomic E-state index is 13.5. The Balaban J connectivity index is 1.41. The number of rotatable bonds is 6. The molecule has 5 aromatic rings. The normalized spacial score (nSPS) is 14.6. The minimum atomic E-state index is -0.412. The van der Waals surface area contributed by atoms with Crippen LogP contribution in [0.15, 0.2) is 106 Å². The maximum Gasteiger partial charge on any atom is 0.312 e. The van der Waals surface area contributed by atoms with Crippen LogP contribution in [0, 0.1) is 0 Å². The van der Waals surface area contributed by atoms with Crippen LogP contribution < -0.4 is 14.9 Å². The third-order valence-corrected chi connectivity index (χ3v) is 6.85. The van der Waals surface area contributed by atoms with E-state index in [4.69, 9.17) is 13.9 Å². The molecule has 1 unspecified atom stereocenters. The zero-order valence-electron chi connectivity index (χ0n) is 20.4. The average molecular weight is 505 g/mol. The van der Waals surface area contributed by atoms with Crippen LogP contribution >= 0.6 is 0 Å². The molecule has 6 heteroatoms. The highest BCUT2D eigenvalue weighted by Crippen LogP contribution is 2.45. The van der Waals surface area contributed by atoms with Crippen molar-refractivity contribution in [2.24, 2.45) is 0 Å². The fourth-order valence-electron chi connectivity index (χ4n) is 4.98. The predicted octanol–water partition coefficient (Wildman–Crippen LogP) is 6.23. The summed E-state index contributed by atoms with van der Waals surface area (Å²) in [5, 5.41) is 10.0. The molecule has 1 aromatic heterocycles. The first-order valence-corrected chi connectivity index (χ1v) is 12.4. The van der Waals surface area contributed by atoms with Gasteiger partial charge in [0.05, 0.1) is 24.0 Å². The minimum Gasteiger partial charge on any atom is -0.508 e. The second kappa shape index (κ2) is 9.90. The molecule has 0 amide bonds. The Morgan fingerprint density at radius 2 is 1.63 bits per heavy atom. The van der Waals surface area contributed by atoms with Crippen LogP contribution in [0.4, 0.5) is 0 Å². The summed E-state index contributed by atoms with van der Waals surface area (Å²) in [5.74, 6) is 0.393. The van der Waals surface area contributed by atoms with Gasteiger partial charge in [-0.05, 0) is 41.5 Å². The molecule has 0 spiro atoms. The molecule has 38 heavy (non-hydrogen) atoms. The van der Waals surface area contributed by atoms with Crippen LogP contribution in [0.1, 0.15) is 29.0 Å². The monoisotopic (exact) mass is 504 g/mol. The van der Waals surface area contributed by atoms with Gasteiger partial charge in [-0.2, -0.15) is 0 Å². The highest BCUT2D eigenvalue weighted by atomic mass is 16.5. The number of phenols is 1. The summed E-state index contributed by atoms with van der Waals surface area (Å²) in [4.78, 5) is 26.1. The molecule has 188 valence electrons. The van der Waals surface area contributed by atoms with Crippen molar-refractivity contribution in [3.05, 3.63) is 124 Å². The fraction of sp³-hybridized carbons (Fsp3) is 0.125. The van der Waals surface area contributed by atoms with E-state index in [1.54, 1.807) is 24.3 Å². The Bertz CT molecular complexity index is 1690. The third-order valence-electron chi connectivity index (χ3n) is 6.85. The van der Waals surface area contributed by atoms with Gasteiger partial charge in [-0.15, -0.1) is 0 Å². The van der Waals surface area contributed by atoms with E-state index in [9.17, 15) is 14.7 Å². The molecule has 1 aliphatic rings. The van der Waals surface area contributed by atoms with E-state index in [0.717, 1.165) is 12.0 Å². The van der Waals surface area contributed by atoms with E-state index in [2.05, 4.69) is 12.1 Å². The Morgan fingerprint density at radius 1 is 0.868 bits per heavy atom. The lowest BCUT2D eigenvalue weighted by Gasteiger charge is -2.27. The summed E-state index contributed by atoms with van der Waals surface area (Å²) >= 11 is 0. The van der Waals surface area contributed by atoms with Gasteiger partial charge >= 0.3 is 5.97 Å². The van der Waals surface area contributed by atoms with Crippen LogP contribution in [0.5, 0.6) is 17.2 Å². The second-order valence-electron chi connectivity index (χ2n) is 9.23. The molecule has 0 aliphatic carbocycles. The molecule has 0 bridgehead atoms. The van der Waals surface area contributed by atoms with E-state index in [1.165, 1.54) is 24.0 Å². The van der Waals surface area contributed by atoms with Crippen molar-refractivity contribution in [1.29, 1.82) is 0 Å². The molecule has 2 heterocycles. The molecule has 1 atom stereocenters. The molecule has 4 aromatic carbocycles. The number of fused-ring (bicyclic) bond motifs is 3. The van der Waals surface area contributed by atoms with Crippen molar-refractivity contribution >= 4 is 16.9 Å². The first-order chi connectivity index (χ1) is 18.6. The molecule has 0 saturated carbocycles. The number of ether oxygens (including phenoxy) is 2. The number of esters is 1. The van der Waals surface area contributed by atoms with E-state index in [-0.39, 0.29) is 23.6 Å². The van der Waals surface area contributed by atoms with Gasteiger partial charge in [0.25, 0.3) is 0 Å². The number of phenolic OH excluding ortho intramolecular Hbond substituents is 1. The number of para-hydroxylation sites is 1. The minimum absolute atomic E-state index is 0.0919. The average Bonchev–Trinajstić information content (AvgIpc) is 2.94. The molecule has 0 radical (unpaired) electrons. The number of carbonyl (C=O) groups excluding carboxylic acids is 1. The molecule has 0 saturated heterocycles. The maximum absolute atomic E-state index is 13.5. The molecular weight excluding hydrogens is 480 g/mol. The van der Waals surface area contributed by atoms with Crippen molar-refractivity contribution in [1.82, 2.24) is 0 Å². The first-order valence-electron chi connectivity index (χ1n) is 12.4. The van der Waals surface area contributed by atoms with E-state index in [0.29, 0.717) is 45.8 Å². The number of benzene rings is 4. The van der Waals surface area contributed by atoms with Gasteiger partial charge < -0.3 is 19.0 Å². The third kappa shape index (κ3) is 4.41. The predicted molar refractivity (Wildman–Crippen MR) is 144 cm³/mol. The van der Waals surface area contributed by atoms with Crippen molar-refractivity contribution in [2.75, 3.05) is 6.61 Å². The van der Waals surface area contributed by atoms with E-state index < -0.39 is 5.92 Å². The van der Waals surface area contributed by atoms with E-state index >= 15 is 0 Å². The lowest BCUT2D eigenvalue weighted by atomic mass is 9.84. The summed E-state index contributed by atoms with van der Waals surface area (Å²) in [6, 6.07) is 27.4. The first kappa shape index (κ1) is 23.6. The lowest BCUT2D eigenvalue weighted by Crippen LogP contribution is -2.22. The highest BCUT2D eigenvalue weighted by molar-refractivity contribution is 5.90. The van der Waals surface area contributed by atoms with Crippen molar-refractivity contribution in [2.45, 2.75) is 18.8 Å². The van der Waals surface area contributed by atoms with Crippen LogP contribution in [0.2, 0.25) is 0 Å². The number of carbonyl (C=O) groups is 1. The SMILES string of the molecule is O=C1CC(c2ccccc2OCCc2ccccc2)c2c(ccc3c(=O)c(-c4ccc(O)cc4)coc23)O1. The zero-order chi connectivity index (χ0) is 26.1. The Labute approximate surface area is 218 Å². The summed E-state index contributed by atoms with van der Waals surface area (Å²) in [6.07, 6.45) is 2.26. The van der Waals surface area contributed by atoms with Gasteiger partial charge in [0.1, 0.15) is 29.1 Å². The number of hydrogen-bond donors (Lipinski definition) is 1. The molecule has 1 N–H and O–H groups in total. The van der Waals surface area contributed by atoms with E-state index in [1.807, 2.05) is 42.5 Å². The summed E-state index contributed by atoms with van der Waals surface area (Å²) in [6.45, 7) is 0.478. The fourth-order valence-corrected chi connectivity index (χ4v) is 4.98. The summed E-state index contributed by atoms with van der Waals surface area (Å²) in [7, 11) is 0. The van der Waals surface area contributed by atoms with Crippen molar-refractivity contribution in [3.8, 4) is 28.4 Å². The molecule has 6 rings (SSSR count). The van der Waals surface area contributed by atoms with Crippen LogP contribution in [-0.2, 0) is 11.2 Å². The highest BCUT2D eigenvalue weighted by Gasteiger charge is 2.33. The van der Waals surface area contributed by atoms with Crippen LogP contribution in [-0.4, -0.2) is 17.7 Å². The zero-order valence-corrected chi connectivity index (χ0v) is 20.4. The van der Waals surface area contributed by atoms with Crippen LogP contribution in [0.3, 0.4) is 0 Å². The molecule has 6 nitrogen and oxygen atoms in total. The number of aromatic hydroxyl groups is 1. The van der Waals surface area contributed by atoms with Gasteiger partial charge in [0.2, 0.25) is 5.43 Å². The number of hydrogen-bond acceptors (Lipinski definition) is 6. The Morgan fingerprint density at radius 3 is 2.45 bits per heavy atom.